The zero-order valence-corrected chi connectivity index (χ0v) is 18.1. The van der Waals surface area contributed by atoms with Crippen LogP contribution in [0.4, 0.5) is 0 Å². The van der Waals surface area contributed by atoms with Crippen LogP contribution in [0.2, 0.25) is 0 Å². The van der Waals surface area contributed by atoms with Gasteiger partial charge in [0.25, 0.3) is 5.91 Å². The van der Waals surface area contributed by atoms with Crippen molar-refractivity contribution in [3.05, 3.63) is 45.1 Å². The predicted molar refractivity (Wildman–Crippen MR) is 114 cm³/mol. The Morgan fingerprint density at radius 3 is 2.86 bits per heavy atom. The minimum absolute atomic E-state index is 0.196. The van der Waals surface area contributed by atoms with Crippen molar-refractivity contribution in [2.75, 3.05) is 27.4 Å². The first kappa shape index (κ1) is 20.2. The van der Waals surface area contributed by atoms with Gasteiger partial charge in [0.05, 0.1) is 32.3 Å². The average Bonchev–Trinajstić information content (AvgIpc) is 3.21. The molecule has 1 saturated heterocycles. The van der Waals surface area contributed by atoms with Gasteiger partial charge < -0.3 is 19.1 Å². The van der Waals surface area contributed by atoms with E-state index >= 15 is 0 Å². The first-order chi connectivity index (χ1) is 14.2. The number of ether oxygens (including phenoxy) is 3. The van der Waals surface area contributed by atoms with Gasteiger partial charge in [-0.2, -0.15) is 0 Å². The fourth-order valence-corrected chi connectivity index (χ4v) is 5.44. The van der Waals surface area contributed by atoms with Gasteiger partial charge in [-0.3, -0.25) is 4.79 Å². The van der Waals surface area contributed by atoms with Crippen LogP contribution in [0.1, 0.15) is 51.4 Å². The summed E-state index contributed by atoms with van der Waals surface area (Å²) in [5, 5.41) is 0. The predicted octanol–water partition coefficient (Wildman–Crippen LogP) is 4.47. The molecule has 1 aromatic carbocycles. The van der Waals surface area contributed by atoms with Crippen molar-refractivity contribution in [1.82, 2.24) is 4.90 Å². The maximum Gasteiger partial charge on any atom is 0.264 e. The van der Waals surface area contributed by atoms with Gasteiger partial charge in [0.15, 0.2) is 11.5 Å². The Hall–Kier alpha value is -2.05. The molecule has 0 saturated carbocycles. The molecule has 4 rings (SSSR count). The molecule has 1 atom stereocenters. The van der Waals surface area contributed by atoms with Crippen molar-refractivity contribution in [3.8, 4) is 11.5 Å². The molecule has 1 fully saturated rings. The summed E-state index contributed by atoms with van der Waals surface area (Å²) in [6.45, 7) is 2.26. The van der Waals surface area contributed by atoms with Crippen LogP contribution in [-0.4, -0.2) is 44.2 Å². The number of aryl methyl sites for hydroxylation is 1. The molecule has 2 aliphatic heterocycles. The standard InChI is InChI=1S/C23H29NO4S/c1-26-19-9-7-16(13-20(19)27-2)6-8-18-5-3-4-11-24(18)23(25)22-14-17-15-28-12-10-21(17)29-22/h7,9,13-14,18H,3-6,8,10-12,15H2,1-2H3. The Morgan fingerprint density at radius 1 is 1.21 bits per heavy atom. The largest absolute Gasteiger partial charge is 0.493 e. The summed E-state index contributed by atoms with van der Waals surface area (Å²) in [5.41, 5.74) is 2.41. The fraction of sp³-hybridized carbons (Fsp3) is 0.522. The number of benzene rings is 1. The molecule has 0 bridgehead atoms. The normalized spacial score (nSPS) is 19.0. The molecule has 156 valence electrons. The van der Waals surface area contributed by atoms with Gasteiger partial charge in [-0.25, -0.2) is 0 Å². The number of fused-ring (bicyclic) bond motifs is 1. The van der Waals surface area contributed by atoms with Crippen LogP contribution in [0.25, 0.3) is 0 Å². The summed E-state index contributed by atoms with van der Waals surface area (Å²) in [6, 6.07) is 8.43. The van der Waals surface area contributed by atoms with Crippen LogP contribution in [0.3, 0.4) is 0 Å². The van der Waals surface area contributed by atoms with E-state index in [9.17, 15) is 4.79 Å². The monoisotopic (exact) mass is 415 g/mol. The summed E-state index contributed by atoms with van der Waals surface area (Å²) in [4.78, 5) is 17.6. The highest BCUT2D eigenvalue weighted by Crippen LogP contribution is 2.32. The maximum atomic E-state index is 13.3. The molecule has 3 heterocycles. The molecule has 29 heavy (non-hydrogen) atoms. The van der Waals surface area contributed by atoms with E-state index in [2.05, 4.69) is 17.0 Å². The minimum atomic E-state index is 0.196. The maximum absolute atomic E-state index is 13.3. The molecule has 0 aliphatic carbocycles. The third-order valence-electron chi connectivity index (χ3n) is 5.94. The Morgan fingerprint density at radius 2 is 2.07 bits per heavy atom. The molecule has 1 aromatic heterocycles. The van der Waals surface area contributed by atoms with Gasteiger partial charge in [0.2, 0.25) is 0 Å². The smallest absolute Gasteiger partial charge is 0.264 e. The number of hydrogen-bond acceptors (Lipinski definition) is 5. The van der Waals surface area contributed by atoms with E-state index in [0.717, 1.165) is 61.6 Å². The van der Waals surface area contributed by atoms with Gasteiger partial charge in [0.1, 0.15) is 0 Å². The number of hydrogen-bond donors (Lipinski definition) is 0. The number of piperidine rings is 1. The first-order valence-corrected chi connectivity index (χ1v) is 11.2. The van der Waals surface area contributed by atoms with E-state index in [1.807, 2.05) is 12.1 Å². The molecular formula is C23H29NO4S. The summed E-state index contributed by atoms with van der Waals surface area (Å²) in [7, 11) is 3.31. The molecule has 0 radical (unpaired) electrons. The van der Waals surface area contributed by atoms with Crippen LogP contribution in [0.5, 0.6) is 11.5 Å². The highest BCUT2D eigenvalue weighted by Gasteiger charge is 2.29. The number of rotatable bonds is 6. The lowest BCUT2D eigenvalue weighted by atomic mass is 9.95. The number of thiophene rings is 1. The van der Waals surface area contributed by atoms with Gasteiger partial charge >= 0.3 is 0 Å². The van der Waals surface area contributed by atoms with Crippen LogP contribution >= 0.6 is 11.3 Å². The number of carbonyl (C=O) groups excluding carboxylic acids is 1. The third-order valence-corrected chi connectivity index (χ3v) is 7.17. The summed E-state index contributed by atoms with van der Waals surface area (Å²) in [6.07, 6.45) is 6.17. The van der Waals surface area contributed by atoms with Crippen molar-refractivity contribution in [2.24, 2.45) is 0 Å². The Kier molecular flexibility index (Phi) is 6.40. The Bertz CT molecular complexity index is 839. The molecular weight excluding hydrogens is 386 g/mol. The highest BCUT2D eigenvalue weighted by atomic mass is 32.1. The average molecular weight is 416 g/mol. The molecule has 5 nitrogen and oxygen atoms in total. The zero-order valence-electron chi connectivity index (χ0n) is 17.2. The molecule has 2 aromatic rings. The second-order valence-corrected chi connectivity index (χ2v) is 8.87. The summed E-state index contributed by atoms with van der Waals surface area (Å²) >= 11 is 1.66. The molecule has 2 aliphatic rings. The van der Waals surface area contributed by atoms with Gasteiger partial charge in [0, 0.05) is 23.9 Å². The lowest BCUT2D eigenvalue weighted by Crippen LogP contribution is -2.43. The quantitative estimate of drug-likeness (QED) is 0.699. The lowest BCUT2D eigenvalue weighted by molar-refractivity contribution is 0.0606. The Labute approximate surface area is 176 Å². The first-order valence-electron chi connectivity index (χ1n) is 10.4. The van der Waals surface area contributed by atoms with Crippen molar-refractivity contribution >= 4 is 17.2 Å². The van der Waals surface area contributed by atoms with Crippen LogP contribution in [0.15, 0.2) is 24.3 Å². The third kappa shape index (κ3) is 4.43. The second-order valence-electron chi connectivity index (χ2n) is 7.74. The number of likely N-dealkylation sites (tertiary alicyclic amines) is 1. The molecule has 1 unspecified atom stereocenters. The van der Waals surface area contributed by atoms with E-state index in [1.165, 1.54) is 22.4 Å². The molecule has 0 N–H and O–H groups in total. The van der Waals surface area contributed by atoms with E-state index < -0.39 is 0 Å². The fourth-order valence-electron chi connectivity index (χ4n) is 4.33. The number of methoxy groups -OCH3 is 2. The van der Waals surface area contributed by atoms with E-state index in [4.69, 9.17) is 14.2 Å². The summed E-state index contributed by atoms with van der Waals surface area (Å²) < 4.78 is 16.3. The molecule has 1 amide bonds. The van der Waals surface area contributed by atoms with E-state index in [-0.39, 0.29) is 5.91 Å². The molecule has 6 heteroatoms. The Balaban J connectivity index is 1.45. The van der Waals surface area contributed by atoms with Crippen molar-refractivity contribution in [3.63, 3.8) is 0 Å². The van der Waals surface area contributed by atoms with Crippen molar-refractivity contribution in [1.29, 1.82) is 0 Å². The van der Waals surface area contributed by atoms with Crippen LogP contribution in [0, 0.1) is 0 Å². The summed E-state index contributed by atoms with van der Waals surface area (Å²) in [5.74, 6) is 1.70. The highest BCUT2D eigenvalue weighted by molar-refractivity contribution is 7.14. The van der Waals surface area contributed by atoms with Crippen molar-refractivity contribution in [2.45, 2.75) is 51.2 Å². The van der Waals surface area contributed by atoms with Crippen LogP contribution in [-0.2, 0) is 24.2 Å². The number of amides is 1. The minimum Gasteiger partial charge on any atom is -0.493 e. The van der Waals surface area contributed by atoms with Gasteiger partial charge in [-0.1, -0.05) is 6.07 Å². The second kappa shape index (κ2) is 9.18. The van der Waals surface area contributed by atoms with Gasteiger partial charge in [-0.15, -0.1) is 11.3 Å². The number of nitrogens with zero attached hydrogens (tertiary/aromatic N) is 1. The topological polar surface area (TPSA) is 48.0 Å². The SMILES string of the molecule is COc1ccc(CCC2CCCCN2C(=O)c2cc3c(s2)CCOC3)cc1OC. The zero-order chi connectivity index (χ0) is 20.2. The lowest BCUT2D eigenvalue weighted by Gasteiger charge is -2.35. The molecule has 0 spiro atoms. The van der Waals surface area contributed by atoms with E-state index in [1.54, 1.807) is 25.6 Å². The van der Waals surface area contributed by atoms with Gasteiger partial charge in [-0.05, 0) is 61.4 Å². The van der Waals surface area contributed by atoms with E-state index in [0.29, 0.717) is 12.6 Å². The van der Waals surface area contributed by atoms with Crippen molar-refractivity contribution < 1.29 is 19.0 Å². The number of carbonyl (C=O) groups is 1. The van der Waals surface area contributed by atoms with Crippen LogP contribution < -0.4 is 9.47 Å².